The van der Waals surface area contributed by atoms with Crippen molar-refractivity contribution in [2.45, 2.75) is 46.0 Å². The smallest absolute Gasteiger partial charge is 0.127 e. The Morgan fingerprint density at radius 2 is 1.52 bits per heavy atom. The lowest BCUT2D eigenvalue weighted by molar-refractivity contribution is 0.482. The average molecular weight is 312 g/mol. The van der Waals surface area contributed by atoms with Crippen molar-refractivity contribution in [3.8, 4) is 11.5 Å². The van der Waals surface area contributed by atoms with E-state index in [4.69, 9.17) is 4.74 Å². The van der Waals surface area contributed by atoms with Crippen LogP contribution in [0.15, 0.2) is 54.6 Å². The summed E-state index contributed by atoms with van der Waals surface area (Å²) in [5.74, 6) is 1.36. The number of hydrogen-bond donors (Lipinski definition) is 0. The molecule has 0 unspecified atom stereocenters. The maximum absolute atomic E-state index is 13.8. The molecular formula is C21H25FO. The molecule has 0 aromatic heterocycles. The van der Waals surface area contributed by atoms with E-state index < -0.39 is 0 Å². The first-order valence-electron chi connectivity index (χ1n) is 8.45. The van der Waals surface area contributed by atoms with Gasteiger partial charge >= 0.3 is 0 Å². The first kappa shape index (κ1) is 17.3. The Morgan fingerprint density at radius 1 is 0.913 bits per heavy atom. The fraction of sp³-hybridized carbons (Fsp3) is 0.333. The molecule has 0 saturated carbocycles. The third-order valence-electron chi connectivity index (χ3n) is 3.72. The summed E-state index contributed by atoms with van der Waals surface area (Å²) < 4.78 is 19.7. The van der Waals surface area contributed by atoms with E-state index in [1.165, 1.54) is 18.4 Å². The van der Waals surface area contributed by atoms with Crippen LogP contribution in [0.4, 0.5) is 4.39 Å². The summed E-state index contributed by atoms with van der Waals surface area (Å²) in [4.78, 5) is 0. The second kappa shape index (κ2) is 9.14. The first-order valence-corrected chi connectivity index (χ1v) is 8.45. The second-order valence-electron chi connectivity index (χ2n) is 5.71. The molecule has 2 aromatic carbocycles. The molecule has 1 nitrogen and oxygen atoms in total. The largest absolute Gasteiger partial charge is 0.457 e. The monoisotopic (exact) mass is 312 g/mol. The van der Waals surface area contributed by atoms with Gasteiger partial charge in [0.2, 0.25) is 0 Å². The van der Waals surface area contributed by atoms with Crippen LogP contribution in [0.25, 0.3) is 5.83 Å². The number of allylic oxidation sites excluding steroid dienone is 1. The van der Waals surface area contributed by atoms with Crippen LogP contribution in [0, 0.1) is 0 Å². The van der Waals surface area contributed by atoms with Crippen molar-refractivity contribution in [3.05, 3.63) is 65.7 Å². The van der Waals surface area contributed by atoms with Crippen LogP contribution < -0.4 is 4.74 Å². The molecule has 0 heterocycles. The highest BCUT2D eigenvalue weighted by atomic mass is 19.1. The maximum atomic E-state index is 13.8. The Labute approximate surface area is 138 Å². The van der Waals surface area contributed by atoms with Crippen molar-refractivity contribution in [1.82, 2.24) is 0 Å². The maximum Gasteiger partial charge on any atom is 0.127 e. The summed E-state index contributed by atoms with van der Waals surface area (Å²) in [6.07, 6.45) is 6.85. The summed E-state index contributed by atoms with van der Waals surface area (Å²) in [6, 6.07) is 15.3. The van der Waals surface area contributed by atoms with Gasteiger partial charge in [0.1, 0.15) is 17.3 Å². The number of ether oxygens (including phenoxy) is 1. The van der Waals surface area contributed by atoms with Crippen molar-refractivity contribution < 1.29 is 9.13 Å². The molecule has 0 atom stereocenters. The van der Waals surface area contributed by atoms with Gasteiger partial charge < -0.3 is 4.74 Å². The SMILES string of the molecule is CCCC=C(F)c1ccc(Oc2ccc(CCCC)cc2)cc1. The number of unbranched alkanes of at least 4 members (excludes halogenated alkanes) is 2. The summed E-state index contributed by atoms with van der Waals surface area (Å²) in [6.45, 7) is 4.23. The standard InChI is InChI=1S/C21H25FO/c1-3-5-7-17-9-13-19(14-10-17)23-20-15-11-18(12-16-20)21(22)8-6-4-2/h8-16H,3-7H2,1-2H3. The van der Waals surface area contributed by atoms with Gasteiger partial charge in [-0.2, -0.15) is 0 Å². The third kappa shape index (κ3) is 5.55. The average Bonchev–Trinajstić information content (AvgIpc) is 2.59. The normalized spacial score (nSPS) is 11.5. The van der Waals surface area contributed by atoms with Gasteiger partial charge in [0.05, 0.1) is 0 Å². The third-order valence-corrected chi connectivity index (χ3v) is 3.72. The molecule has 2 heteroatoms. The lowest BCUT2D eigenvalue weighted by Gasteiger charge is -2.07. The highest BCUT2D eigenvalue weighted by molar-refractivity contribution is 5.59. The number of hydrogen-bond acceptors (Lipinski definition) is 1. The van der Waals surface area contributed by atoms with Gasteiger partial charge in [-0.15, -0.1) is 0 Å². The first-order chi connectivity index (χ1) is 11.2. The van der Waals surface area contributed by atoms with Gasteiger partial charge in [-0.05, 0) is 67.3 Å². The zero-order chi connectivity index (χ0) is 16.5. The molecule has 0 aliphatic carbocycles. The fourth-order valence-corrected chi connectivity index (χ4v) is 2.31. The molecule has 2 aromatic rings. The second-order valence-corrected chi connectivity index (χ2v) is 5.71. The van der Waals surface area contributed by atoms with Gasteiger partial charge in [-0.3, -0.25) is 0 Å². The summed E-state index contributed by atoms with van der Waals surface area (Å²) in [5.41, 5.74) is 1.93. The van der Waals surface area contributed by atoms with Gasteiger partial charge in [0.15, 0.2) is 0 Å². The van der Waals surface area contributed by atoms with E-state index in [0.29, 0.717) is 5.56 Å². The fourth-order valence-electron chi connectivity index (χ4n) is 2.31. The lowest BCUT2D eigenvalue weighted by Crippen LogP contribution is -1.87. The van der Waals surface area contributed by atoms with Crippen LogP contribution in [0.5, 0.6) is 11.5 Å². The minimum absolute atomic E-state index is 0.168. The summed E-state index contributed by atoms with van der Waals surface area (Å²) >= 11 is 0. The Hall–Kier alpha value is -2.09. The van der Waals surface area contributed by atoms with Crippen LogP contribution >= 0.6 is 0 Å². The van der Waals surface area contributed by atoms with Gasteiger partial charge in [0.25, 0.3) is 0 Å². The summed E-state index contributed by atoms with van der Waals surface area (Å²) in [7, 11) is 0. The van der Waals surface area contributed by atoms with Crippen LogP contribution in [-0.4, -0.2) is 0 Å². The van der Waals surface area contributed by atoms with Crippen molar-refractivity contribution in [2.75, 3.05) is 0 Å². The predicted octanol–water partition coefficient (Wildman–Crippen LogP) is 6.93. The Morgan fingerprint density at radius 3 is 2.09 bits per heavy atom. The molecule has 0 aliphatic heterocycles. The van der Waals surface area contributed by atoms with Crippen LogP contribution in [-0.2, 0) is 6.42 Å². The molecular weight excluding hydrogens is 287 g/mol. The minimum atomic E-state index is -0.168. The van der Waals surface area contributed by atoms with Gasteiger partial charge in [0, 0.05) is 5.56 Å². The molecule has 0 saturated heterocycles. The van der Waals surface area contributed by atoms with Crippen molar-refractivity contribution in [3.63, 3.8) is 0 Å². The van der Waals surface area contributed by atoms with Gasteiger partial charge in [-0.25, -0.2) is 4.39 Å². The quantitative estimate of drug-likeness (QED) is 0.513. The Kier molecular flexibility index (Phi) is 6.86. The number of benzene rings is 2. The number of aryl methyl sites for hydroxylation is 1. The zero-order valence-electron chi connectivity index (χ0n) is 14.0. The van der Waals surface area contributed by atoms with E-state index in [1.54, 1.807) is 30.3 Å². The van der Waals surface area contributed by atoms with E-state index in [0.717, 1.165) is 30.8 Å². The van der Waals surface area contributed by atoms with Crippen LogP contribution in [0.1, 0.15) is 50.7 Å². The molecule has 23 heavy (non-hydrogen) atoms. The minimum Gasteiger partial charge on any atom is -0.457 e. The molecule has 0 radical (unpaired) electrons. The number of halogens is 1. The van der Waals surface area contributed by atoms with Crippen LogP contribution in [0.3, 0.4) is 0 Å². The van der Waals surface area contributed by atoms with E-state index in [9.17, 15) is 4.39 Å². The topological polar surface area (TPSA) is 9.23 Å². The van der Waals surface area contributed by atoms with Crippen molar-refractivity contribution >= 4 is 5.83 Å². The van der Waals surface area contributed by atoms with E-state index in [2.05, 4.69) is 19.1 Å². The molecule has 0 fully saturated rings. The van der Waals surface area contributed by atoms with E-state index in [-0.39, 0.29) is 5.83 Å². The Bertz CT molecular complexity index is 611. The van der Waals surface area contributed by atoms with E-state index >= 15 is 0 Å². The molecule has 0 bridgehead atoms. The van der Waals surface area contributed by atoms with Crippen molar-refractivity contribution in [1.29, 1.82) is 0 Å². The summed E-state index contributed by atoms with van der Waals surface area (Å²) in [5, 5.41) is 0. The highest BCUT2D eigenvalue weighted by Crippen LogP contribution is 2.25. The zero-order valence-corrected chi connectivity index (χ0v) is 14.0. The molecule has 0 amide bonds. The van der Waals surface area contributed by atoms with Crippen molar-refractivity contribution in [2.24, 2.45) is 0 Å². The van der Waals surface area contributed by atoms with E-state index in [1.807, 2.05) is 19.1 Å². The van der Waals surface area contributed by atoms with Gasteiger partial charge in [-0.1, -0.05) is 38.8 Å². The molecule has 2 rings (SSSR count). The molecule has 0 N–H and O–H groups in total. The highest BCUT2D eigenvalue weighted by Gasteiger charge is 2.02. The van der Waals surface area contributed by atoms with Crippen LogP contribution in [0.2, 0.25) is 0 Å². The predicted molar refractivity (Wildman–Crippen MR) is 95.6 cm³/mol. The lowest BCUT2D eigenvalue weighted by atomic mass is 10.1. The molecule has 0 aliphatic rings. The molecule has 122 valence electrons. The molecule has 0 spiro atoms. The Balaban J connectivity index is 1.97. The number of rotatable bonds is 8.